The van der Waals surface area contributed by atoms with Crippen LogP contribution in [-0.2, 0) is 16.1 Å². The second-order valence-electron chi connectivity index (χ2n) is 2.70. The molecule has 1 N–H and O–H groups in total. The Kier molecular flexibility index (Phi) is 3.96. The normalized spacial score (nSPS) is 9.25. The largest absolute Gasteiger partial charge is 0.515 e. The number of rotatable bonds is 4. The third-order valence-corrected chi connectivity index (χ3v) is 1.66. The quantitative estimate of drug-likeness (QED) is 0.276. The van der Waals surface area contributed by atoms with Gasteiger partial charge in [0, 0.05) is 12.1 Å². The number of nitrogens with zero attached hydrogens (tertiary/aromatic N) is 1. The number of non-ortho nitro benzene ring substituents is 1. The molecule has 0 saturated heterocycles. The Morgan fingerprint density at radius 3 is 2.56 bits per heavy atom. The van der Waals surface area contributed by atoms with E-state index in [1.165, 1.54) is 24.3 Å². The second-order valence-corrected chi connectivity index (χ2v) is 2.70. The van der Waals surface area contributed by atoms with Crippen LogP contribution in [0.2, 0.25) is 0 Å². The molecule has 0 aromatic heterocycles. The Bertz CT molecular complexity index is 401. The Labute approximate surface area is 90.3 Å². The number of ether oxygens (including phenoxy) is 2. The first-order valence-corrected chi connectivity index (χ1v) is 4.19. The van der Waals surface area contributed by atoms with Crippen LogP contribution in [0.3, 0.4) is 0 Å². The lowest BCUT2D eigenvalue weighted by Crippen LogP contribution is -2.05. The van der Waals surface area contributed by atoms with Crippen molar-refractivity contribution in [3.63, 3.8) is 0 Å². The molecule has 0 heterocycles. The minimum absolute atomic E-state index is 0.0363. The van der Waals surface area contributed by atoms with Crippen molar-refractivity contribution < 1.29 is 19.2 Å². The van der Waals surface area contributed by atoms with Crippen LogP contribution in [0.15, 0.2) is 24.3 Å². The molecule has 0 atom stereocenters. The summed E-state index contributed by atoms with van der Waals surface area (Å²) in [6, 6.07) is 5.55. The number of carbonyl (C=O) groups is 1. The highest BCUT2D eigenvalue weighted by Gasteiger charge is 2.06. The zero-order valence-electron chi connectivity index (χ0n) is 8.08. The van der Waals surface area contributed by atoms with Gasteiger partial charge in [0.05, 0.1) is 4.92 Å². The fraction of sp³-hybridized carbons (Fsp3) is 0.111. The van der Waals surface area contributed by atoms with Gasteiger partial charge in [-0.25, -0.2) is 4.79 Å². The predicted molar refractivity (Wildman–Crippen MR) is 53.2 cm³/mol. The van der Waals surface area contributed by atoms with E-state index in [-0.39, 0.29) is 12.3 Å². The van der Waals surface area contributed by atoms with Crippen molar-refractivity contribution in [2.45, 2.75) is 6.61 Å². The Balaban J connectivity index is 2.52. The molecule has 0 spiro atoms. The highest BCUT2D eigenvalue weighted by molar-refractivity contribution is 5.70. The number of nitro benzene ring substituents is 1. The fourth-order valence-electron chi connectivity index (χ4n) is 0.938. The average Bonchev–Trinajstić information content (AvgIpc) is 2.27. The molecule has 0 saturated carbocycles. The standard InChI is InChI=1S/C9H8N2O5/c10-6-16-9(12)15-5-7-1-3-8(4-2-7)11(13)14/h1-4,6,10H,5H2. The lowest BCUT2D eigenvalue weighted by atomic mass is 10.2. The van der Waals surface area contributed by atoms with Gasteiger partial charge in [-0.15, -0.1) is 0 Å². The number of nitro groups is 1. The molecule has 1 aromatic rings. The van der Waals surface area contributed by atoms with Gasteiger partial charge in [0.2, 0.25) is 0 Å². The van der Waals surface area contributed by atoms with Crippen molar-refractivity contribution in [3.8, 4) is 0 Å². The molecule has 84 valence electrons. The van der Waals surface area contributed by atoms with Crippen LogP contribution in [0, 0.1) is 15.5 Å². The summed E-state index contributed by atoms with van der Waals surface area (Å²) in [5, 5.41) is 16.8. The number of hydrogen-bond donors (Lipinski definition) is 1. The average molecular weight is 224 g/mol. The number of benzene rings is 1. The summed E-state index contributed by atoms with van der Waals surface area (Å²) in [6.45, 7) is -0.0648. The summed E-state index contributed by atoms with van der Waals surface area (Å²) in [5.74, 6) is 0. The van der Waals surface area contributed by atoms with E-state index < -0.39 is 11.1 Å². The monoisotopic (exact) mass is 224 g/mol. The molecule has 0 aliphatic rings. The topological polar surface area (TPSA) is 103 Å². The summed E-state index contributed by atoms with van der Waals surface area (Å²) in [4.78, 5) is 20.5. The van der Waals surface area contributed by atoms with E-state index in [9.17, 15) is 14.9 Å². The van der Waals surface area contributed by atoms with Gasteiger partial charge in [-0.1, -0.05) is 0 Å². The predicted octanol–water partition coefficient (Wildman–Crippen LogP) is 1.86. The van der Waals surface area contributed by atoms with Gasteiger partial charge >= 0.3 is 6.16 Å². The third kappa shape index (κ3) is 3.37. The maximum Gasteiger partial charge on any atom is 0.515 e. The van der Waals surface area contributed by atoms with Crippen molar-refractivity contribution in [2.75, 3.05) is 0 Å². The van der Waals surface area contributed by atoms with E-state index in [2.05, 4.69) is 9.47 Å². The molecular formula is C9H8N2O5. The molecule has 0 unspecified atom stereocenters. The van der Waals surface area contributed by atoms with E-state index >= 15 is 0 Å². The van der Waals surface area contributed by atoms with E-state index in [0.717, 1.165) is 0 Å². The van der Waals surface area contributed by atoms with Gasteiger partial charge in [-0.05, 0) is 17.7 Å². The summed E-state index contributed by atoms with van der Waals surface area (Å²) in [5.41, 5.74) is 0.554. The first-order valence-electron chi connectivity index (χ1n) is 4.19. The van der Waals surface area contributed by atoms with Gasteiger partial charge in [0.25, 0.3) is 5.69 Å². The fourth-order valence-corrected chi connectivity index (χ4v) is 0.938. The lowest BCUT2D eigenvalue weighted by Gasteiger charge is -2.02. The minimum Gasteiger partial charge on any atom is -0.429 e. The van der Waals surface area contributed by atoms with Crippen molar-refractivity contribution in [2.24, 2.45) is 0 Å². The first kappa shape index (κ1) is 11.6. The molecular weight excluding hydrogens is 216 g/mol. The van der Waals surface area contributed by atoms with Crippen LogP contribution in [-0.4, -0.2) is 17.5 Å². The number of hydrogen-bond acceptors (Lipinski definition) is 6. The van der Waals surface area contributed by atoms with Crippen LogP contribution in [0.25, 0.3) is 0 Å². The summed E-state index contributed by atoms with van der Waals surface area (Å²) in [7, 11) is 0. The minimum atomic E-state index is -0.992. The molecule has 0 fully saturated rings. The van der Waals surface area contributed by atoms with Gasteiger partial charge in [-0.2, -0.15) is 0 Å². The van der Waals surface area contributed by atoms with E-state index in [1.54, 1.807) is 0 Å². The van der Waals surface area contributed by atoms with E-state index in [0.29, 0.717) is 12.0 Å². The molecule has 1 rings (SSSR count). The smallest absolute Gasteiger partial charge is 0.429 e. The van der Waals surface area contributed by atoms with Gasteiger partial charge < -0.3 is 9.47 Å². The molecule has 7 nitrogen and oxygen atoms in total. The molecule has 0 bridgehead atoms. The van der Waals surface area contributed by atoms with Gasteiger partial charge in [-0.3, -0.25) is 15.5 Å². The van der Waals surface area contributed by atoms with Crippen LogP contribution >= 0.6 is 0 Å². The van der Waals surface area contributed by atoms with Crippen molar-refractivity contribution in [1.29, 1.82) is 5.41 Å². The number of carbonyl (C=O) groups excluding carboxylic acids is 1. The maximum absolute atomic E-state index is 10.7. The summed E-state index contributed by atoms with van der Waals surface area (Å²) >= 11 is 0. The Hall–Kier alpha value is -2.44. The van der Waals surface area contributed by atoms with Crippen LogP contribution in [0.4, 0.5) is 10.5 Å². The molecule has 0 radical (unpaired) electrons. The highest BCUT2D eigenvalue weighted by Crippen LogP contribution is 2.12. The summed E-state index contributed by atoms with van der Waals surface area (Å²) < 4.78 is 8.68. The van der Waals surface area contributed by atoms with Crippen LogP contribution in [0.5, 0.6) is 0 Å². The SMILES string of the molecule is N=COC(=O)OCc1ccc([N+](=O)[O-])cc1. The molecule has 0 aliphatic heterocycles. The molecule has 0 aliphatic carbocycles. The Morgan fingerprint density at radius 1 is 1.44 bits per heavy atom. The van der Waals surface area contributed by atoms with Crippen molar-refractivity contribution >= 4 is 18.2 Å². The third-order valence-electron chi connectivity index (χ3n) is 1.66. The Morgan fingerprint density at radius 2 is 2.06 bits per heavy atom. The molecule has 0 amide bonds. The first-order chi connectivity index (χ1) is 7.63. The molecule has 16 heavy (non-hydrogen) atoms. The second kappa shape index (κ2) is 5.44. The van der Waals surface area contributed by atoms with Gasteiger partial charge in [0.15, 0.2) is 6.40 Å². The molecule has 1 aromatic carbocycles. The van der Waals surface area contributed by atoms with Crippen molar-refractivity contribution in [3.05, 3.63) is 39.9 Å². The van der Waals surface area contributed by atoms with Gasteiger partial charge in [0.1, 0.15) is 6.61 Å². The summed E-state index contributed by atoms with van der Waals surface area (Å²) in [6.07, 6.45) is -0.536. The van der Waals surface area contributed by atoms with E-state index in [1.807, 2.05) is 0 Å². The van der Waals surface area contributed by atoms with Crippen LogP contribution in [0.1, 0.15) is 5.56 Å². The number of nitrogens with one attached hydrogen (secondary N) is 1. The lowest BCUT2D eigenvalue weighted by molar-refractivity contribution is -0.384. The van der Waals surface area contributed by atoms with Crippen LogP contribution < -0.4 is 0 Å². The zero-order valence-corrected chi connectivity index (χ0v) is 8.08. The zero-order chi connectivity index (χ0) is 12.0. The van der Waals surface area contributed by atoms with E-state index in [4.69, 9.17) is 5.41 Å². The maximum atomic E-state index is 10.7. The molecule has 7 heteroatoms. The highest BCUT2D eigenvalue weighted by atomic mass is 16.7. The van der Waals surface area contributed by atoms with Crippen molar-refractivity contribution in [1.82, 2.24) is 0 Å².